The van der Waals surface area contributed by atoms with Gasteiger partial charge < -0.3 is 14.7 Å². The average Bonchev–Trinajstić information content (AvgIpc) is 2.49. The summed E-state index contributed by atoms with van der Waals surface area (Å²) in [5.41, 5.74) is 0.548. The lowest BCUT2D eigenvalue weighted by Gasteiger charge is -2.30. The van der Waals surface area contributed by atoms with Gasteiger partial charge in [-0.2, -0.15) is 0 Å². The number of likely N-dealkylation sites (N-methyl/N-ethyl adjacent to an activating group) is 1. The van der Waals surface area contributed by atoms with Gasteiger partial charge in [-0.1, -0.05) is 19.1 Å². The van der Waals surface area contributed by atoms with E-state index in [1.807, 2.05) is 0 Å². The van der Waals surface area contributed by atoms with Crippen molar-refractivity contribution in [3.8, 4) is 5.75 Å². The van der Waals surface area contributed by atoms with Crippen LogP contribution >= 0.6 is 0 Å². The topological polar surface area (TPSA) is 87.2 Å². The Morgan fingerprint density at radius 1 is 1.41 bits per heavy atom. The van der Waals surface area contributed by atoms with Crippen LogP contribution in [0.4, 0.5) is 5.69 Å². The van der Waals surface area contributed by atoms with Crippen molar-refractivity contribution in [3.63, 3.8) is 0 Å². The van der Waals surface area contributed by atoms with Gasteiger partial charge in [-0.3, -0.25) is 19.3 Å². The summed E-state index contributed by atoms with van der Waals surface area (Å²) in [5, 5.41) is 8.89. The Kier molecular flexibility index (Phi) is 4.65. The Balaban J connectivity index is 2.08. The molecule has 0 saturated carbocycles. The molecule has 22 heavy (non-hydrogen) atoms. The third-order valence-electron chi connectivity index (χ3n) is 3.50. The molecule has 1 aliphatic heterocycles. The fourth-order valence-electron chi connectivity index (χ4n) is 2.17. The molecule has 0 spiro atoms. The Morgan fingerprint density at radius 2 is 2.09 bits per heavy atom. The third kappa shape index (κ3) is 3.36. The van der Waals surface area contributed by atoms with Gasteiger partial charge in [-0.15, -0.1) is 0 Å². The molecule has 118 valence electrons. The second-order valence-electron chi connectivity index (χ2n) is 5.25. The zero-order valence-corrected chi connectivity index (χ0v) is 12.5. The number of para-hydroxylation sites is 2. The minimum absolute atomic E-state index is 0.0916. The summed E-state index contributed by atoms with van der Waals surface area (Å²) in [6.07, 6.45) is 0. The number of rotatable bonds is 5. The average molecular weight is 306 g/mol. The molecule has 1 aromatic rings. The lowest BCUT2D eigenvalue weighted by Crippen LogP contribution is -2.46. The Hall–Kier alpha value is -2.57. The van der Waals surface area contributed by atoms with Crippen molar-refractivity contribution < 1.29 is 24.2 Å². The number of carboxylic acid groups (broad SMARTS) is 1. The van der Waals surface area contributed by atoms with Crippen LogP contribution in [0, 0.1) is 5.92 Å². The number of carbonyl (C=O) groups excluding carboxylic acids is 2. The molecule has 0 bridgehead atoms. The standard InChI is InChI=1S/C15H18N2O5/c1-10(15(20)21)7-16(2)13(18)8-17-11-5-3-4-6-12(11)22-9-14(17)19/h3-6,10H,7-9H2,1-2H3,(H,20,21). The third-order valence-corrected chi connectivity index (χ3v) is 3.50. The molecule has 0 aliphatic carbocycles. The monoisotopic (exact) mass is 306 g/mol. The summed E-state index contributed by atoms with van der Waals surface area (Å²) in [7, 11) is 1.53. The molecule has 0 saturated heterocycles. The number of nitrogens with zero attached hydrogens (tertiary/aromatic N) is 2. The Morgan fingerprint density at radius 3 is 2.77 bits per heavy atom. The maximum atomic E-state index is 12.2. The first kappa shape index (κ1) is 15.8. The highest BCUT2D eigenvalue weighted by Gasteiger charge is 2.28. The lowest BCUT2D eigenvalue weighted by atomic mass is 10.1. The van der Waals surface area contributed by atoms with Crippen molar-refractivity contribution in [2.75, 3.05) is 31.6 Å². The maximum absolute atomic E-state index is 12.2. The summed E-state index contributed by atoms with van der Waals surface area (Å²) in [5.74, 6) is -1.70. The predicted molar refractivity (Wildman–Crippen MR) is 78.7 cm³/mol. The second-order valence-corrected chi connectivity index (χ2v) is 5.25. The van der Waals surface area contributed by atoms with Crippen LogP contribution in [-0.4, -0.2) is 54.5 Å². The first-order valence-corrected chi connectivity index (χ1v) is 6.89. The number of hydrogen-bond acceptors (Lipinski definition) is 4. The number of anilines is 1. The molecule has 0 radical (unpaired) electrons. The molecular weight excluding hydrogens is 288 g/mol. The van der Waals surface area contributed by atoms with Crippen LogP contribution in [0.3, 0.4) is 0 Å². The van der Waals surface area contributed by atoms with E-state index >= 15 is 0 Å². The smallest absolute Gasteiger partial charge is 0.308 e. The molecule has 7 heteroatoms. The number of ether oxygens (including phenoxy) is 1. The predicted octanol–water partition coefficient (Wildman–Crippen LogP) is 0.591. The maximum Gasteiger partial charge on any atom is 0.308 e. The number of hydrogen-bond donors (Lipinski definition) is 1. The van der Waals surface area contributed by atoms with E-state index in [0.29, 0.717) is 11.4 Å². The highest BCUT2D eigenvalue weighted by molar-refractivity contribution is 6.02. The van der Waals surface area contributed by atoms with Crippen molar-refractivity contribution in [2.24, 2.45) is 5.92 Å². The molecule has 1 aliphatic rings. The Bertz CT molecular complexity index is 601. The minimum Gasteiger partial charge on any atom is -0.482 e. The number of carbonyl (C=O) groups is 3. The quantitative estimate of drug-likeness (QED) is 0.860. The number of amides is 2. The van der Waals surface area contributed by atoms with E-state index in [0.717, 1.165) is 0 Å². The van der Waals surface area contributed by atoms with Crippen LogP contribution in [0.1, 0.15) is 6.92 Å². The Labute approximate surface area is 128 Å². The summed E-state index contributed by atoms with van der Waals surface area (Å²) in [6.45, 7) is 1.37. The van der Waals surface area contributed by atoms with Crippen LogP contribution in [0.15, 0.2) is 24.3 Å². The zero-order valence-electron chi connectivity index (χ0n) is 12.5. The summed E-state index contributed by atoms with van der Waals surface area (Å²) >= 11 is 0. The van der Waals surface area contributed by atoms with E-state index in [1.165, 1.54) is 23.8 Å². The van der Waals surface area contributed by atoms with Crippen molar-refractivity contribution >= 4 is 23.5 Å². The van der Waals surface area contributed by atoms with Gasteiger partial charge in [-0.05, 0) is 12.1 Å². The van der Waals surface area contributed by atoms with Gasteiger partial charge in [0.15, 0.2) is 6.61 Å². The molecule has 2 rings (SSSR count). The first-order valence-electron chi connectivity index (χ1n) is 6.89. The number of carboxylic acids is 1. The first-order chi connectivity index (χ1) is 10.4. The molecule has 7 nitrogen and oxygen atoms in total. The number of fused-ring (bicyclic) bond motifs is 1. The van der Waals surface area contributed by atoms with E-state index < -0.39 is 11.9 Å². The van der Waals surface area contributed by atoms with Crippen LogP contribution < -0.4 is 9.64 Å². The summed E-state index contributed by atoms with van der Waals surface area (Å²) in [6, 6.07) is 6.98. The molecule has 1 heterocycles. The molecule has 1 atom stereocenters. The normalized spacial score (nSPS) is 14.8. The second kappa shape index (κ2) is 6.46. The van der Waals surface area contributed by atoms with E-state index in [4.69, 9.17) is 9.84 Å². The highest BCUT2D eigenvalue weighted by atomic mass is 16.5. The van der Waals surface area contributed by atoms with E-state index in [1.54, 1.807) is 24.3 Å². The molecule has 0 aromatic heterocycles. The molecule has 1 N–H and O–H groups in total. The van der Waals surface area contributed by atoms with Gasteiger partial charge >= 0.3 is 5.97 Å². The molecular formula is C15H18N2O5. The van der Waals surface area contributed by atoms with Crippen LogP contribution in [0.2, 0.25) is 0 Å². The van der Waals surface area contributed by atoms with E-state index in [9.17, 15) is 14.4 Å². The van der Waals surface area contributed by atoms with Crippen molar-refractivity contribution in [3.05, 3.63) is 24.3 Å². The van der Waals surface area contributed by atoms with Crippen molar-refractivity contribution in [1.29, 1.82) is 0 Å². The van der Waals surface area contributed by atoms with Gasteiger partial charge in [0, 0.05) is 13.6 Å². The number of benzene rings is 1. The lowest BCUT2D eigenvalue weighted by molar-refractivity contribution is -0.142. The fourth-order valence-corrected chi connectivity index (χ4v) is 2.17. The fraction of sp³-hybridized carbons (Fsp3) is 0.400. The van der Waals surface area contributed by atoms with Gasteiger partial charge in [0.05, 0.1) is 11.6 Å². The van der Waals surface area contributed by atoms with Gasteiger partial charge in [0.2, 0.25) is 5.91 Å². The minimum atomic E-state index is -0.965. The van der Waals surface area contributed by atoms with E-state index in [2.05, 4.69) is 0 Å². The van der Waals surface area contributed by atoms with Crippen LogP contribution in [-0.2, 0) is 14.4 Å². The van der Waals surface area contributed by atoms with Gasteiger partial charge in [0.1, 0.15) is 12.3 Å². The molecule has 1 unspecified atom stereocenters. The summed E-state index contributed by atoms with van der Waals surface area (Å²) in [4.78, 5) is 37.7. The van der Waals surface area contributed by atoms with Gasteiger partial charge in [0.25, 0.3) is 5.91 Å². The SMILES string of the molecule is CC(CN(C)C(=O)CN1C(=O)COc2ccccc21)C(=O)O. The van der Waals surface area contributed by atoms with Gasteiger partial charge in [-0.25, -0.2) is 0 Å². The molecule has 2 amide bonds. The van der Waals surface area contributed by atoms with Crippen molar-refractivity contribution in [2.45, 2.75) is 6.92 Å². The largest absolute Gasteiger partial charge is 0.482 e. The number of aliphatic carboxylic acids is 1. The highest BCUT2D eigenvalue weighted by Crippen LogP contribution is 2.31. The van der Waals surface area contributed by atoms with Crippen molar-refractivity contribution in [1.82, 2.24) is 4.90 Å². The summed E-state index contributed by atoms with van der Waals surface area (Å²) < 4.78 is 5.31. The molecule has 0 fully saturated rings. The van der Waals surface area contributed by atoms with E-state index in [-0.39, 0.29) is 31.5 Å². The zero-order chi connectivity index (χ0) is 16.3. The van der Waals surface area contributed by atoms with Crippen LogP contribution in [0.5, 0.6) is 5.75 Å². The van der Waals surface area contributed by atoms with Crippen LogP contribution in [0.25, 0.3) is 0 Å². The molecule has 1 aromatic carbocycles.